The van der Waals surface area contributed by atoms with E-state index in [4.69, 9.17) is 9.84 Å². The first kappa shape index (κ1) is 32.9. The number of carboxylic acids is 2. The second kappa shape index (κ2) is 15.6. The van der Waals surface area contributed by atoms with E-state index in [0.717, 1.165) is 21.9 Å². The topological polar surface area (TPSA) is 145 Å². The van der Waals surface area contributed by atoms with Gasteiger partial charge in [-0.1, -0.05) is 80.1 Å². The zero-order chi connectivity index (χ0) is 32.3. The molecule has 0 fully saturated rings. The molecule has 0 aliphatic rings. The molecule has 10 nitrogen and oxygen atoms in total. The minimum Gasteiger partial charge on any atom is -0.481 e. The summed E-state index contributed by atoms with van der Waals surface area (Å²) in [7, 11) is 0. The van der Waals surface area contributed by atoms with Crippen molar-refractivity contribution in [3.05, 3.63) is 114 Å². The SMILES string of the molecule is CCCCN(C(=O)C(Cc1ccc(OCC(=O)O)c(C(=O)O)c1)N(c1ccc(-c2ccccc2)cc1)S(=O)O)c1ccccc1. The molecule has 45 heavy (non-hydrogen) atoms. The number of carbonyl (C=O) groups is 3. The van der Waals surface area contributed by atoms with Gasteiger partial charge in [-0.05, 0) is 59.5 Å². The lowest BCUT2D eigenvalue weighted by atomic mass is 10.00. The molecule has 4 aromatic rings. The van der Waals surface area contributed by atoms with E-state index in [2.05, 4.69) is 0 Å². The summed E-state index contributed by atoms with van der Waals surface area (Å²) < 4.78 is 30.0. The Labute approximate surface area is 263 Å². The van der Waals surface area contributed by atoms with Crippen molar-refractivity contribution in [1.82, 2.24) is 0 Å². The number of nitrogens with zero attached hydrogens (tertiary/aromatic N) is 2. The molecule has 0 aromatic heterocycles. The molecule has 0 bridgehead atoms. The summed E-state index contributed by atoms with van der Waals surface area (Å²) in [6.45, 7) is 1.62. The van der Waals surface area contributed by atoms with Gasteiger partial charge in [0.2, 0.25) is 0 Å². The lowest BCUT2D eigenvalue weighted by Crippen LogP contribution is -2.51. The van der Waals surface area contributed by atoms with Crippen LogP contribution in [0.1, 0.15) is 35.7 Å². The molecule has 2 atom stereocenters. The smallest absolute Gasteiger partial charge is 0.341 e. The van der Waals surface area contributed by atoms with Gasteiger partial charge in [-0.3, -0.25) is 13.7 Å². The number of benzene rings is 4. The first-order chi connectivity index (χ1) is 21.7. The van der Waals surface area contributed by atoms with Gasteiger partial charge in [-0.15, -0.1) is 0 Å². The Kier molecular flexibility index (Phi) is 11.4. The molecule has 3 N–H and O–H groups in total. The van der Waals surface area contributed by atoms with Crippen molar-refractivity contribution in [3.8, 4) is 16.9 Å². The highest BCUT2D eigenvalue weighted by molar-refractivity contribution is 7.80. The fourth-order valence-electron chi connectivity index (χ4n) is 4.91. The number of hydrogen-bond acceptors (Lipinski definition) is 5. The number of carbonyl (C=O) groups excluding carboxylic acids is 1. The molecule has 0 saturated carbocycles. The van der Waals surface area contributed by atoms with E-state index in [1.54, 1.807) is 53.4 Å². The fourth-order valence-corrected chi connectivity index (χ4v) is 5.60. The van der Waals surface area contributed by atoms with Crippen molar-refractivity contribution in [2.45, 2.75) is 32.2 Å². The Hall–Kier alpha value is -5.00. The van der Waals surface area contributed by atoms with Crippen LogP contribution < -0.4 is 13.9 Å². The molecule has 0 aliphatic carbocycles. The molecule has 1 amide bonds. The number of anilines is 2. The largest absolute Gasteiger partial charge is 0.481 e. The number of para-hydroxylation sites is 1. The first-order valence-corrected chi connectivity index (χ1v) is 15.4. The third-order valence-electron chi connectivity index (χ3n) is 7.09. The van der Waals surface area contributed by atoms with Crippen LogP contribution in [0.25, 0.3) is 11.1 Å². The summed E-state index contributed by atoms with van der Waals surface area (Å²) in [5, 5.41) is 18.8. The van der Waals surface area contributed by atoms with Crippen LogP contribution in [0.5, 0.6) is 5.75 Å². The molecule has 4 rings (SSSR count). The number of rotatable bonds is 15. The number of aromatic carboxylic acids is 1. The summed E-state index contributed by atoms with van der Waals surface area (Å²) in [5.41, 5.74) is 2.84. The molecule has 0 spiro atoms. The minimum atomic E-state index is -2.66. The van der Waals surface area contributed by atoms with Crippen LogP contribution in [0, 0.1) is 0 Å². The van der Waals surface area contributed by atoms with Crippen LogP contribution in [0.15, 0.2) is 103 Å². The van der Waals surface area contributed by atoms with Crippen molar-refractivity contribution < 1.29 is 38.1 Å². The van der Waals surface area contributed by atoms with Crippen molar-refractivity contribution >= 4 is 40.5 Å². The lowest BCUT2D eigenvalue weighted by molar-refractivity contribution is -0.139. The van der Waals surface area contributed by atoms with Gasteiger partial charge in [0.25, 0.3) is 17.2 Å². The normalized spacial score (nSPS) is 12.1. The second-order valence-corrected chi connectivity index (χ2v) is 11.0. The van der Waals surface area contributed by atoms with E-state index < -0.39 is 41.8 Å². The molecule has 234 valence electrons. The van der Waals surface area contributed by atoms with Crippen molar-refractivity contribution in [2.75, 3.05) is 22.4 Å². The van der Waals surface area contributed by atoms with Crippen LogP contribution in [-0.4, -0.2) is 56.0 Å². The zero-order valence-electron chi connectivity index (χ0n) is 24.6. The van der Waals surface area contributed by atoms with Gasteiger partial charge >= 0.3 is 11.9 Å². The summed E-state index contributed by atoms with van der Waals surface area (Å²) in [6, 6.07) is 28.4. The van der Waals surface area contributed by atoms with Gasteiger partial charge in [0.05, 0.1) is 5.69 Å². The molecule has 0 radical (unpaired) electrons. The average Bonchev–Trinajstić information content (AvgIpc) is 3.04. The Balaban J connectivity index is 1.79. The summed E-state index contributed by atoms with van der Waals surface area (Å²) >= 11 is -2.66. The molecule has 11 heteroatoms. The van der Waals surface area contributed by atoms with Gasteiger partial charge < -0.3 is 19.8 Å². The van der Waals surface area contributed by atoms with Crippen molar-refractivity contribution in [3.63, 3.8) is 0 Å². The first-order valence-electron chi connectivity index (χ1n) is 14.3. The third-order valence-corrected chi connectivity index (χ3v) is 7.89. The van der Waals surface area contributed by atoms with E-state index in [-0.39, 0.29) is 17.7 Å². The Morgan fingerprint density at radius 1 is 0.822 bits per heavy atom. The number of ether oxygens (including phenoxy) is 1. The maximum absolute atomic E-state index is 14.5. The average molecular weight is 631 g/mol. The quantitative estimate of drug-likeness (QED) is 0.138. The molecule has 4 aromatic carbocycles. The highest BCUT2D eigenvalue weighted by Gasteiger charge is 2.35. The number of aliphatic carboxylic acids is 1. The lowest BCUT2D eigenvalue weighted by Gasteiger charge is -2.34. The van der Waals surface area contributed by atoms with Gasteiger partial charge in [0.15, 0.2) is 6.61 Å². The van der Waals surface area contributed by atoms with Gasteiger partial charge in [-0.25, -0.2) is 13.8 Å². The van der Waals surface area contributed by atoms with Gasteiger partial charge in [0.1, 0.15) is 17.4 Å². The third kappa shape index (κ3) is 8.55. The molecule has 0 aliphatic heterocycles. The Morgan fingerprint density at radius 3 is 2.02 bits per heavy atom. The van der Waals surface area contributed by atoms with Crippen LogP contribution in [0.2, 0.25) is 0 Å². The zero-order valence-corrected chi connectivity index (χ0v) is 25.4. The van der Waals surface area contributed by atoms with Crippen LogP contribution in [-0.2, 0) is 27.3 Å². The summed E-state index contributed by atoms with van der Waals surface area (Å²) in [4.78, 5) is 39.1. The van der Waals surface area contributed by atoms with Crippen LogP contribution in [0.3, 0.4) is 0 Å². The maximum atomic E-state index is 14.5. The highest BCUT2D eigenvalue weighted by Crippen LogP contribution is 2.29. The maximum Gasteiger partial charge on any atom is 0.341 e. The van der Waals surface area contributed by atoms with Crippen molar-refractivity contribution in [2.24, 2.45) is 0 Å². The van der Waals surface area contributed by atoms with E-state index in [9.17, 15) is 28.3 Å². The number of unbranched alkanes of at least 4 members (excludes halogenated alkanes) is 1. The van der Waals surface area contributed by atoms with E-state index in [0.29, 0.717) is 29.9 Å². The molecular formula is C34H34N2O8S. The number of hydrogen-bond donors (Lipinski definition) is 3. The predicted molar refractivity (Wildman–Crippen MR) is 173 cm³/mol. The van der Waals surface area contributed by atoms with Crippen LogP contribution in [0.4, 0.5) is 11.4 Å². The molecular weight excluding hydrogens is 596 g/mol. The van der Waals surface area contributed by atoms with E-state index >= 15 is 0 Å². The summed E-state index contributed by atoms with van der Waals surface area (Å²) in [5.74, 6) is -3.22. The molecule has 0 saturated heterocycles. The Morgan fingerprint density at radius 2 is 1.44 bits per heavy atom. The Bertz CT molecular complexity index is 1630. The van der Waals surface area contributed by atoms with E-state index in [1.165, 1.54) is 18.2 Å². The standard InChI is InChI=1S/C34H34N2O8S/c1-2-3-20-35(27-12-8-5-9-13-27)33(39)30(22-24-14-19-31(44-23-32(37)38)29(21-24)34(40)41)36(45(42)43)28-17-15-26(16-18-28)25-10-6-4-7-11-25/h4-19,21,30H,2-3,20,22-23H2,1H3,(H,37,38)(H,40,41)(H,42,43). The monoisotopic (exact) mass is 630 g/mol. The predicted octanol–water partition coefficient (Wildman–Crippen LogP) is 5.90. The number of amides is 1. The molecule has 0 heterocycles. The minimum absolute atomic E-state index is 0.138. The van der Waals surface area contributed by atoms with E-state index in [1.807, 2.05) is 43.3 Å². The number of carboxylic acid groups (broad SMARTS) is 2. The van der Waals surface area contributed by atoms with Gasteiger partial charge in [-0.2, -0.15) is 0 Å². The van der Waals surface area contributed by atoms with Crippen LogP contribution >= 0.6 is 0 Å². The molecule has 2 unspecified atom stereocenters. The highest BCUT2D eigenvalue weighted by atomic mass is 32.2. The summed E-state index contributed by atoms with van der Waals surface area (Å²) in [6.07, 6.45) is 1.35. The van der Waals surface area contributed by atoms with Crippen molar-refractivity contribution in [1.29, 1.82) is 0 Å². The van der Waals surface area contributed by atoms with Gasteiger partial charge in [0, 0.05) is 18.7 Å². The second-order valence-electron chi connectivity index (χ2n) is 10.2. The fraction of sp³-hybridized carbons (Fsp3) is 0.206.